The SMILES string of the molecule is CC1CCC(NC(=O)C(C)N2CCCc3c(cnn3C)C2)CC1. The molecule has 1 atom stereocenters. The molecule has 1 amide bonds. The third kappa shape index (κ3) is 3.77. The second-order valence-corrected chi connectivity index (χ2v) is 7.46. The summed E-state index contributed by atoms with van der Waals surface area (Å²) in [6.45, 7) is 6.16. The third-order valence-electron chi connectivity index (χ3n) is 5.67. The maximum absolute atomic E-state index is 12.6. The summed E-state index contributed by atoms with van der Waals surface area (Å²) in [5.74, 6) is 1.01. The fraction of sp³-hybridized carbons (Fsp3) is 0.778. The van der Waals surface area contributed by atoms with Gasteiger partial charge in [0.25, 0.3) is 0 Å². The van der Waals surface area contributed by atoms with E-state index in [1.165, 1.54) is 24.1 Å². The molecule has 0 aromatic carbocycles. The van der Waals surface area contributed by atoms with Gasteiger partial charge in [0.1, 0.15) is 0 Å². The van der Waals surface area contributed by atoms with Crippen LogP contribution in [0.4, 0.5) is 0 Å². The molecule has 5 heteroatoms. The van der Waals surface area contributed by atoms with Crippen LogP contribution in [0.25, 0.3) is 0 Å². The maximum Gasteiger partial charge on any atom is 0.237 e. The predicted molar refractivity (Wildman–Crippen MR) is 91.0 cm³/mol. The fourth-order valence-electron chi connectivity index (χ4n) is 3.93. The van der Waals surface area contributed by atoms with Gasteiger partial charge in [-0.15, -0.1) is 0 Å². The Morgan fingerprint density at radius 2 is 2.09 bits per heavy atom. The monoisotopic (exact) mass is 318 g/mol. The molecule has 1 aliphatic carbocycles. The molecule has 2 heterocycles. The molecule has 0 spiro atoms. The summed E-state index contributed by atoms with van der Waals surface area (Å²) in [6, 6.07) is 0.308. The zero-order valence-corrected chi connectivity index (χ0v) is 14.7. The van der Waals surface area contributed by atoms with E-state index in [2.05, 4.69) is 22.2 Å². The van der Waals surface area contributed by atoms with Gasteiger partial charge in [0, 0.05) is 30.9 Å². The van der Waals surface area contributed by atoms with Gasteiger partial charge in [-0.3, -0.25) is 14.4 Å². The average Bonchev–Trinajstić information content (AvgIpc) is 2.76. The van der Waals surface area contributed by atoms with Crippen molar-refractivity contribution in [3.63, 3.8) is 0 Å². The van der Waals surface area contributed by atoms with Crippen molar-refractivity contribution in [2.45, 2.75) is 71.0 Å². The van der Waals surface area contributed by atoms with Gasteiger partial charge < -0.3 is 5.32 Å². The second kappa shape index (κ2) is 7.04. The van der Waals surface area contributed by atoms with Gasteiger partial charge in [0.05, 0.1) is 12.2 Å². The van der Waals surface area contributed by atoms with Crippen molar-refractivity contribution in [1.82, 2.24) is 20.0 Å². The first kappa shape index (κ1) is 16.5. The van der Waals surface area contributed by atoms with E-state index in [0.717, 1.165) is 44.7 Å². The van der Waals surface area contributed by atoms with Crippen LogP contribution in [0.3, 0.4) is 0 Å². The number of aryl methyl sites for hydroxylation is 1. The van der Waals surface area contributed by atoms with Crippen LogP contribution in [0.5, 0.6) is 0 Å². The van der Waals surface area contributed by atoms with Crippen LogP contribution in [0.1, 0.15) is 57.2 Å². The summed E-state index contributed by atoms with van der Waals surface area (Å²) < 4.78 is 1.98. The number of amides is 1. The quantitative estimate of drug-likeness (QED) is 0.930. The summed E-state index contributed by atoms with van der Waals surface area (Å²) in [6.07, 6.45) is 8.84. The highest BCUT2D eigenvalue weighted by Gasteiger charge is 2.27. The number of fused-ring (bicyclic) bond motifs is 1. The zero-order valence-electron chi connectivity index (χ0n) is 14.7. The lowest BCUT2D eigenvalue weighted by Crippen LogP contribution is -2.48. The number of nitrogens with one attached hydrogen (secondary N) is 1. The molecular formula is C18H30N4O. The highest BCUT2D eigenvalue weighted by atomic mass is 16.2. The van der Waals surface area contributed by atoms with E-state index < -0.39 is 0 Å². The van der Waals surface area contributed by atoms with E-state index in [1.807, 2.05) is 24.9 Å². The minimum absolute atomic E-state index is 0.0690. The van der Waals surface area contributed by atoms with Crippen LogP contribution in [-0.2, 0) is 24.8 Å². The summed E-state index contributed by atoms with van der Waals surface area (Å²) in [7, 11) is 2.01. The van der Waals surface area contributed by atoms with E-state index >= 15 is 0 Å². The maximum atomic E-state index is 12.6. The molecule has 1 aliphatic heterocycles. The number of aromatic nitrogens is 2. The molecule has 1 fully saturated rings. The lowest BCUT2D eigenvalue weighted by atomic mass is 9.87. The number of carbonyl (C=O) groups excluding carboxylic acids is 1. The van der Waals surface area contributed by atoms with Gasteiger partial charge in [-0.05, 0) is 57.9 Å². The highest BCUT2D eigenvalue weighted by molar-refractivity contribution is 5.81. The topological polar surface area (TPSA) is 50.2 Å². The lowest BCUT2D eigenvalue weighted by molar-refractivity contribution is -0.127. The molecule has 0 bridgehead atoms. The first-order valence-corrected chi connectivity index (χ1v) is 9.08. The Morgan fingerprint density at radius 1 is 1.35 bits per heavy atom. The van der Waals surface area contributed by atoms with E-state index in [9.17, 15) is 4.79 Å². The van der Waals surface area contributed by atoms with E-state index in [1.54, 1.807) is 0 Å². The van der Waals surface area contributed by atoms with Gasteiger partial charge in [-0.25, -0.2) is 0 Å². The molecule has 1 aromatic heterocycles. The smallest absolute Gasteiger partial charge is 0.237 e. The zero-order chi connectivity index (χ0) is 16.4. The molecule has 128 valence electrons. The van der Waals surface area contributed by atoms with Crippen molar-refractivity contribution in [3.8, 4) is 0 Å². The molecule has 1 unspecified atom stereocenters. The number of hydrogen-bond donors (Lipinski definition) is 1. The highest BCUT2D eigenvalue weighted by Crippen LogP contribution is 2.24. The van der Waals surface area contributed by atoms with Crippen molar-refractivity contribution < 1.29 is 4.79 Å². The molecule has 0 radical (unpaired) electrons. The molecule has 3 rings (SSSR count). The van der Waals surface area contributed by atoms with E-state index in [0.29, 0.717) is 6.04 Å². The van der Waals surface area contributed by atoms with Crippen molar-refractivity contribution in [1.29, 1.82) is 0 Å². The first-order valence-electron chi connectivity index (χ1n) is 9.08. The summed E-state index contributed by atoms with van der Waals surface area (Å²) in [5, 5.41) is 7.65. The Kier molecular flexibility index (Phi) is 5.05. The van der Waals surface area contributed by atoms with Crippen molar-refractivity contribution in [3.05, 3.63) is 17.5 Å². The number of rotatable bonds is 3. The Labute approximate surface area is 139 Å². The van der Waals surface area contributed by atoms with Gasteiger partial charge in [0.2, 0.25) is 5.91 Å². The molecule has 1 N–H and O–H groups in total. The summed E-state index contributed by atoms with van der Waals surface area (Å²) >= 11 is 0. The number of carbonyl (C=O) groups is 1. The average molecular weight is 318 g/mol. The van der Waals surface area contributed by atoms with Gasteiger partial charge in [0.15, 0.2) is 0 Å². The van der Waals surface area contributed by atoms with Crippen molar-refractivity contribution in [2.24, 2.45) is 13.0 Å². The summed E-state index contributed by atoms with van der Waals surface area (Å²) in [4.78, 5) is 14.9. The first-order chi connectivity index (χ1) is 11.0. The molecule has 5 nitrogen and oxygen atoms in total. The molecule has 1 saturated carbocycles. The molecule has 0 saturated heterocycles. The molecule has 2 aliphatic rings. The Hall–Kier alpha value is -1.36. The Balaban J connectivity index is 1.58. The van der Waals surface area contributed by atoms with Crippen LogP contribution >= 0.6 is 0 Å². The largest absolute Gasteiger partial charge is 0.352 e. The van der Waals surface area contributed by atoms with Crippen LogP contribution in [-0.4, -0.2) is 39.2 Å². The van der Waals surface area contributed by atoms with Gasteiger partial charge in [-0.1, -0.05) is 6.92 Å². The van der Waals surface area contributed by atoms with E-state index in [-0.39, 0.29) is 11.9 Å². The normalized spacial score (nSPS) is 27.1. The Bertz CT molecular complexity index is 545. The Morgan fingerprint density at radius 3 is 2.83 bits per heavy atom. The van der Waals surface area contributed by atoms with E-state index in [4.69, 9.17) is 0 Å². The van der Waals surface area contributed by atoms with Crippen LogP contribution in [0.2, 0.25) is 0 Å². The van der Waals surface area contributed by atoms with Gasteiger partial charge in [-0.2, -0.15) is 5.10 Å². The lowest BCUT2D eigenvalue weighted by Gasteiger charge is -2.31. The minimum atomic E-state index is -0.0690. The van der Waals surface area contributed by atoms with Gasteiger partial charge >= 0.3 is 0 Å². The van der Waals surface area contributed by atoms with Crippen LogP contribution < -0.4 is 5.32 Å². The molecule has 23 heavy (non-hydrogen) atoms. The predicted octanol–water partition coefficient (Wildman–Crippen LogP) is 2.25. The van der Waals surface area contributed by atoms with Crippen LogP contribution in [0, 0.1) is 5.92 Å². The fourth-order valence-corrected chi connectivity index (χ4v) is 3.93. The molecular weight excluding hydrogens is 288 g/mol. The molecule has 1 aromatic rings. The van der Waals surface area contributed by atoms with Crippen molar-refractivity contribution >= 4 is 5.91 Å². The number of hydrogen-bond acceptors (Lipinski definition) is 3. The standard InChI is InChI=1S/C18H30N4O/c1-13-6-8-16(9-7-13)20-18(23)14(2)22-10-4-5-17-15(12-22)11-19-21(17)3/h11,13-14,16H,4-10,12H2,1-3H3,(H,20,23). The minimum Gasteiger partial charge on any atom is -0.352 e. The third-order valence-corrected chi connectivity index (χ3v) is 5.67. The summed E-state index contributed by atoms with van der Waals surface area (Å²) in [5.41, 5.74) is 2.59. The van der Waals surface area contributed by atoms with Crippen molar-refractivity contribution in [2.75, 3.05) is 6.54 Å². The van der Waals surface area contributed by atoms with Crippen LogP contribution in [0.15, 0.2) is 6.20 Å². The number of nitrogens with zero attached hydrogens (tertiary/aromatic N) is 3. The second-order valence-electron chi connectivity index (χ2n) is 7.46.